The predicted molar refractivity (Wildman–Crippen MR) is 101 cm³/mol. The summed E-state index contributed by atoms with van der Waals surface area (Å²) in [4.78, 5) is 2.24. The summed E-state index contributed by atoms with van der Waals surface area (Å²) < 4.78 is 35.1. The van der Waals surface area contributed by atoms with Crippen molar-refractivity contribution in [2.24, 2.45) is 10.6 Å². The van der Waals surface area contributed by atoms with Gasteiger partial charge in [-0.05, 0) is 18.9 Å². The number of fused-ring (bicyclic) bond motifs is 1. The Balaban J connectivity index is 1.55. The first-order chi connectivity index (χ1) is 12.8. The average molecular weight is 393 g/mol. The molecule has 1 saturated carbocycles. The minimum Gasteiger partial charge on any atom is -0.497 e. The van der Waals surface area contributed by atoms with Crippen LogP contribution in [0.3, 0.4) is 0 Å². The highest BCUT2D eigenvalue weighted by atomic mass is 32.2. The normalized spacial score (nSPS) is 19.2. The highest BCUT2D eigenvalue weighted by Gasteiger charge is 2.54. The molecule has 2 aromatic rings. The van der Waals surface area contributed by atoms with Crippen LogP contribution < -0.4 is 19.5 Å². The highest BCUT2D eigenvalue weighted by Crippen LogP contribution is 2.52. The van der Waals surface area contributed by atoms with Crippen LogP contribution in [0.15, 0.2) is 18.3 Å². The van der Waals surface area contributed by atoms with Gasteiger partial charge in [-0.2, -0.15) is 17.8 Å². The van der Waals surface area contributed by atoms with E-state index in [1.165, 1.54) is 4.31 Å². The third kappa shape index (κ3) is 2.97. The van der Waals surface area contributed by atoms with Gasteiger partial charge in [-0.15, -0.1) is 5.10 Å². The molecule has 2 N–H and O–H groups in total. The van der Waals surface area contributed by atoms with Gasteiger partial charge in [-0.3, -0.25) is 0 Å². The van der Waals surface area contributed by atoms with Crippen LogP contribution in [0.25, 0.3) is 10.9 Å². The van der Waals surface area contributed by atoms with Gasteiger partial charge in [0.1, 0.15) is 11.3 Å². The molecule has 0 bridgehead atoms. The number of ether oxygens (including phenoxy) is 2. The summed E-state index contributed by atoms with van der Waals surface area (Å²) in [7, 11) is 1.12. The molecule has 0 amide bonds. The van der Waals surface area contributed by atoms with Gasteiger partial charge < -0.3 is 14.4 Å². The Labute approximate surface area is 158 Å². The largest absolute Gasteiger partial charge is 0.497 e. The molecule has 1 aromatic heterocycles. The summed E-state index contributed by atoms with van der Waals surface area (Å²) in [5.41, 5.74) is 1.81. The van der Waals surface area contributed by atoms with Crippen molar-refractivity contribution in [3.8, 4) is 11.5 Å². The Kier molecular flexibility index (Phi) is 4.17. The zero-order valence-electron chi connectivity index (χ0n) is 15.5. The molecule has 1 aliphatic carbocycles. The lowest BCUT2D eigenvalue weighted by atomic mass is 9.60. The second-order valence-corrected chi connectivity index (χ2v) is 9.04. The first-order valence-electron chi connectivity index (χ1n) is 8.64. The van der Waals surface area contributed by atoms with E-state index in [9.17, 15) is 8.42 Å². The molecule has 0 atom stereocenters. The lowest BCUT2D eigenvalue weighted by Gasteiger charge is -2.60. The molecule has 1 saturated heterocycles. The van der Waals surface area contributed by atoms with E-state index in [4.69, 9.17) is 14.6 Å². The zero-order chi connectivity index (χ0) is 19.4. The average Bonchev–Trinajstić information content (AvgIpc) is 2.57. The molecule has 0 radical (unpaired) electrons. The van der Waals surface area contributed by atoms with Crippen molar-refractivity contribution < 1.29 is 17.9 Å². The molecule has 2 aliphatic rings. The third-order valence-electron chi connectivity index (χ3n) is 5.76. The van der Waals surface area contributed by atoms with Crippen LogP contribution in [0, 0.1) is 5.41 Å². The fourth-order valence-corrected chi connectivity index (χ4v) is 4.78. The summed E-state index contributed by atoms with van der Waals surface area (Å²) in [6.45, 7) is 1.70. The lowest BCUT2D eigenvalue weighted by molar-refractivity contribution is 0.0212. The summed E-state index contributed by atoms with van der Waals surface area (Å²) in [5.74, 6) is 1.31. The van der Waals surface area contributed by atoms with Crippen LogP contribution in [0.5, 0.6) is 11.5 Å². The van der Waals surface area contributed by atoms with Gasteiger partial charge in [0, 0.05) is 43.0 Å². The van der Waals surface area contributed by atoms with Gasteiger partial charge in [-0.25, -0.2) is 5.14 Å². The van der Waals surface area contributed by atoms with Gasteiger partial charge in [0.2, 0.25) is 0 Å². The summed E-state index contributed by atoms with van der Waals surface area (Å²) in [6.07, 6.45) is 3.39. The standard InChI is InChI=1S/C17H23N5O4S/c1-21(27(18,23)24)11-6-17(7-11)9-22(10-17)14-8-19-20-16-13(14)4-12(25-2)5-15(16)26-3/h4-5,8,11H,6-7,9-10H2,1-3H3,(H2,18,23,24). The molecule has 1 spiro atoms. The monoisotopic (exact) mass is 393 g/mol. The quantitative estimate of drug-likeness (QED) is 0.798. The molecule has 4 rings (SSSR count). The summed E-state index contributed by atoms with van der Waals surface area (Å²) in [6, 6.07) is 3.71. The number of nitrogens with two attached hydrogens (primary N) is 1. The molecular formula is C17H23N5O4S. The van der Waals surface area contributed by atoms with Gasteiger partial charge in [0.25, 0.3) is 10.2 Å². The lowest BCUT2D eigenvalue weighted by Crippen LogP contribution is -2.67. The molecule has 2 fully saturated rings. The number of hydrogen-bond donors (Lipinski definition) is 1. The van der Waals surface area contributed by atoms with Gasteiger partial charge >= 0.3 is 0 Å². The third-order valence-corrected chi connectivity index (χ3v) is 6.86. The van der Waals surface area contributed by atoms with E-state index in [2.05, 4.69) is 15.1 Å². The number of methoxy groups -OCH3 is 2. The number of nitrogens with zero attached hydrogens (tertiary/aromatic N) is 4. The minimum absolute atomic E-state index is 0.0188. The second kappa shape index (κ2) is 6.18. The molecule has 1 aromatic carbocycles. The molecule has 2 heterocycles. The van der Waals surface area contributed by atoms with Crippen molar-refractivity contribution in [3.05, 3.63) is 18.3 Å². The first-order valence-corrected chi connectivity index (χ1v) is 10.1. The topological polar surface area (TPSA) is 111 Å². The zero-order valence-corrected chi connectivity index (χ0v) is 16.4. The highest BCUT2D eigenvalue weighted by molar-refractivity contribution is 7.86. The maximum absolute atomic E-state index is 11.5. The number of hydrogen-bond acceptors (Lipinski definition) is 7. The van der Waals surface area contributed by atoms with Crippen molar-refractivity contribution >= 4 is 26.8 Å². The summed E-state index contributed by atoms with van der Waals surface area (Å²) in [5, 5.41) is 14.5. The Hall–Kier alpha value is -2.17. The van der Waals surface area contributed by atoms with E-state index in [1.807, 2.05) is 6.07 Å². The van der Waals surface area contributed by atoms with Crippen LogP contribution in [-0.4, -0.2) is 63.3 Å². The smallest absolute Gasteiger partial charge is 0.276 e. The molecule has 27 heavy (non-hydrogen) atoms. The van der Waals surface area contributed by atoms with E-state index in [0.717, 1.165) is 37.0 Å². The Bertz CT molecular complexity index is 982. The number of anilines is 1. The number of benzene rings is 1. The van der Waals surface area contributed by atoms with Crippen molar-refractivity contribution in [1.82, 2.24) is 14.5 Å². The maximum Gasteiger partial charge on any atom is 0.276 e. The molecule has 0 unspecified atom stereocenters. The van der Waals surface area contributed by atoms with Gasteiger partial charge in [0.15, 0.2) is 5.75 Å². The second-order valence-electron chi connectivity index (χ2n) is 7.43. The Morgan fingerprint density at radius 2 is 1.96 bits per heavy atom. The van der Waals surface area contributed by atoms with Gasteiger partial charge in [0.05, 0.1) is 26.1 Å². The van der Waals surface area contributed by atoms with Crippen molar-refractivity contribution in [3.63, 3.8) is 0 Å². The van der Waals surface area contributed by atoms with Crippen LogP contribution in [-0.2, 0) is 10.2 Å². The predicted octanol–water partition coefficient (Wildman–Crippen LogP) is 0.751. The molecule has 1 aliphatic heterocycles. The molecule has 146 valence electrons. The van der Waals surface area contributed by atoms with Crippen LogP contribution in [0.4, 0.5) is 5.69 Å². The van der Waals surface area contributed by atoms with Crippen molar-refractivity contribution in [1.29, 1.82) is 0 Å². The minimum atomic E-state index is -3.63. The number of aromatic nitrogens is 2. The molecule has 10 heteroatoms. The maximum atomic E-state index is 11.5. The van der Waals surface area contributed by atoms with Gasteiger partial charge in [-0.1, -0.05) is 0 Å². The van der Waals surface area contributed by atoms with E-state index < -0.39 is 10.2 Å². The Morgan fingerprint density at radius 3 is 2.56 bits per heavy atom. The van der Waals surface area contributed by atoms with Crippen LogP contribution in [0.2, 0.25) is 0 Å². The van der Waals surface area contributed by atoms with E-state index in [0.29, 0.717) is 17.0 Å². The molecular weight excluding hydrogens is 370 g/mol. The first kappa shape index (κ1) is 18.2. The van der Waals surface area contributed by atoms with Crippen LogP contribution in [0.1, 0.15) is 12.8 Å². The molecule has 9 nitrogen and oxygen atoms in total. The van der Waals surface area contributed by atoms with E-state index in [-0.39, 0.29) is 11.5 Å². The Morgan fingerprint density at radius 1 is 1.26 bits per heavy atom. The van der Waals surface area contributed by atoms with E-state index >= 15 is 0 Å². The van der Waals surface area contributed by atoms with E-state index in [1.54, 1.807) is 33.5 Å². The van der Waals surface area contributed by atoms with Crippen molar-refractivity contribution in [2.75, 3.05) is 39.3 Å². The van der Waals surface area contributed by atoms with Crippen LogP contribution >= 0.6 is 0 Å². The summed E-state index contributed by atoms with van der Waals surface area (Å²) >= 11 is 0. The number of rotatable bonds is 5. The fourth-order valence-electron chi connectivity index (χ4n) is 4.21. The SMILES string of the molecule is COc1cc(OC)c2nncc(N3CC4(CC(N(C)S(N)(=O)=O)C4)C3)c2c1. The van der Waals surface area contributed by atoms with Crippen molar-refractivity contribution in [2.45, 2.75) is 18.9 Å². The fraction of sp³-hybridized carbons (Fsp3) is 0.529.